The average Bonchev–Trinajstić information content (AvgIpc) is 2.79. The molecule has 0 atom stereocenters. The molecule has 0 saturated heterocycles. The number of carboxylic acid groups (broad SMARTS) is 1. The summed E-state index contributed by atoms with van der Waals surface area (Å²) in [4.78, 5) is 15.2. The highest BCUT2D eigenvalue weighted by Crippen LogP contribution is 2.20. The predicted octanol–water partition coefficient (Wildman–Crippen LogP) is 2.22. The molecule has 0 radical (unpaired) electrons. The zero-order valence-electron chi connectivity index (χ0n) is 11.7. The number of aryl methyl sites for hydroxylation is 1. The minimum atomic E-state index is -1.00. The standard InChI is InChI=1S/C14H17N3O3/c1-9(2)8-20-13-5-4-10(7-15-13)11-6-12(14(18)19)17(3)16-11/h4-7,9H,8H2,1-3H3,(H,18,19). The van der Waals surface area contributed by atoms with Gasteiger partial charge in [0.25, 0.3) is 0 Å². The second kappa shape index (κ2) is 5.73. The first-order valence-electron chi connectivity index (χ1n) is 6.34. The maximum atomic E-state index is 11.0. The predicted molar refractivity (Wildman–Crippen MR) is 73.7 cm³/mol. The summed E-state index contributed by atoms with van der Waals surface area (Å²) in [6, 6.07) is 5.09. The Bertz CT molecular complexity index is 603. The molecule has 0 bridgehead atoms. The molecular weight excluding hydrogens is 258 g/mol. The molecule has 6 heteroatoms. The van der Waals surface area contributed by atoms with Gasteiger partial charge in [0.05, 0.1) is 12.3 Å². The van der Waals surface area contributed by atoms with Gasteiger partial charge < -0.3 is 9.84 Å². The first-order valence-corrected chi connectivity index (χ1v) is 6.34. The van der Waals surface area contributed by atoms with Crippen LogP contribution in [0.5, 0.6) is 5.88 Å². The Balaban J connectivity index is 2.17. The van der Waals surface area contributed by atoms with Crippen LogP contribution in [0.3, 0.4) is 0 Å². The zero-order valence-corrected chi connectivity index (χ0v) is 11.7. The number of carbonyl (C=O) groups is 1. The Kier molecular flexibility index (Phi) is 4.02. The first kappa shape index (κ1) is 14.0. The van der Waals surface area contributed by atoms with Crippen molar-refractivity contribution in [3.8, 4) is 17.1 Å². The first-order chi connectivity index (χ1) is 9.47. The highest BCUT2D eigenvalue weighted by molar-refractivity contribution is 5.87. The van der Waals surface area contributed by atoms with Crippen molar-refractivity contribution >= 4 is 5.97 Å². The van der Waals surface area contributed by atoms with Gasteiger partial charge >= 0.3 is 5.97 Å². The fourth-order valence-electron chi connectivity index (χ4n) is 1.68. The number of aromatic nitrogens is 3. The van der Waals surface area contributed by atoms with Crippen LogP contribution in [0, 0.1) is 5.92 Å². The van der Waals surface area contributed by atoms with E-state index in [0.717, 1.165) is 5.56 Å². The van der Waals surface area contributed by atoms with Crippen molar-refractivity contribution in [2.75, 3.05) is 6.61 Å². The molecule has 2 rings (SSSR count). The quantitative estimate of drug-likeness (QED) is 0.905. The molecule has 0 fully saturated rings. The lowest BCUT2D eigenvalue weighted by atomic mass is 10.2. The third-order valence-electron chi connectivity index (χ3n) is 2.70. The van der Waals surface area contributed by atoms with E-state index in [0.29, 0.717) is 24.1 Å². The lowest BCUT2D eigenvalue weighted by molar-refractivity contribution is 0.0685. The molecule has 0 aromatic carbocycles. The SMILES string of the molecule is CC(C)COc1ccc(-c2cc(C(=O)O)n(C)n2)cn1. The number of ether oxygens (including phenoxy) is 1. The third-order valence-corrected chi connectivity index (χ3v) is 2.70. The Labute approximate surface area is 117 Å². The monoisotopic (exact) mass is 275 g/mol. The van der Waals surface area contributed by atoms with Gasteiger partial charge in [-0.2, -0.15) is 5.10 Å². The number of pyridine rings is 1. The lowest BCUT2D eigenvalue weighted by Gasteiger charge is -2.07. The summed E-state index contributed by atoms with van der Waals surface area (Å²) >= 11 is 0. The summed E-state index contributed by atoms with van der Waals surface area (Å²) in [6.45, 7) is 4.74. The smallest absolute Gasteiger partial charge is 0.354 e. The van der Waals surface area contributed by atoms with Gasteiger partial charge in [0.2, 0.25) is 5.88 Å². The fraction of sp³-hybridized carbons (Fsp3) is 0.357. The van der Waals surface area contributed by atoms with Gasteiger partial charge in [-0.1, -0.05) is 13.8 Å². The molecule has 106 valence electrons. The van der Waals surface area contributed by atoms with Gasteiger partial charge in [-0.25, -0.2) is 9.78 Å². The molecular formula is C14H17N3O3. The van der Waals surface area contributed by atoms with E-state index in [9.17, 15) is 4.79 Å². The molecule has 0 spiro atoms. The molecule has 0 aliphatic heterocycles. The molecule has 20 heavy (non-hydrogen) atoms. The van der Waals surface area contributed by atoms with Gasteiger partial charge in [0.15, 0.2) is 0 Å². The highest BCUT2D eigenvalue weighted by atomic mass is 16.5. The van der Waals surface area contributed by atoms with Gasteiger partial charge in [-0.3, -0.25) is 4.68 Å². The van der Waals surface area contributed by atoms with Crippen molar-refractivity contribution in [1.29, 1.82) is 0 Å². The Morgan fingerprint density at radius 3 is 2.70 bits per heavy atom. The van der Waals surface area contributed by atoms with Crippen molar-refractivity contribution in [2.24, 2.45) is 13.0 Å². The van der Waals surface area contributed by atoms with Crippen LogP contribution in [0.2, 0.25) is 0 Å². The van der Waals surface area contributed by atoms with E-state index < -0.39 is 5.97 Å². The molecule has 0 aliphatic rings. The van der Waals surface area contributed by atoms with Crippen LogP contribution in [-0.4, -0.2) is 32.4 Å². The number of rotatable bonds is 5. The average molecular weight is 275 g/mol. The summed E-state index contributed by atoms with van der Waals surface area (Å²) in [5.74, 6) is -0.0154. The summed E-state index contributed by atoms with van der Waals surface area (Å²) in [5.41, 5.74) is 1.47. The van der Waals surface area contributed by atoms with Crippen molar-refractivity contribution in [2.45, 2.75) is 13.8 Å². The van der Waals surface area contributed by atoms with Gasteiger partial charge in [0, 0.05) is 24.9 Å². The molecule has 0 unspecified atom stereocenters. The number of hydrogen-bond donors (Lipinski definition) is 1. The molecule has 6 nitrogen and oxygen atoms in total. The molecule has 0 saturated carbocycles. The molecule has 2 heterocycles. The van der Waals surface area contributed by atoms with Crippen LogP contribution in [0.15, 0.2) is 24.4 Å². The molecule has 0 aliphatic carbocycles. The summed E-state index contributed by atoms with van der Waals surface area (Å²) < 4.78 is 6.83. The summed E-state index contributed by atoms with van der Waals surface area (Å²) in [6.07, 6.45) is 1.63. The van der Waals surface area contributed by atoms with E-state index in [-0.39, 0.29) is 5.69 Å². The van der Waals surface area contributed by atoms with Crippen molar-refractivity contribution in [1.82, 2.24) is 14.8 Å². The van der Waals surface area contributed by atoms with Gasteiger partial charge in [-0.05, 0) is 18.1 Å². The minimum absolute atomic E-state index is 0.139. The largest absolute Gasteiger partial charge is 0.477 e. The topological polar surface area (TPSA) is 77.2 Å². The minimum Gasteiger partial charge on any atom is -0.477 e. The van der Waals surface area contributed by atoms with E-state index in [1.54, 1.807) is 19.3 Å². The molecule has 1 N–H and O–H groups in total. The van der Waals surface area contributed by atoms with Crippen LogP contribution in [0.4, 0.5) is 0 Å². The molecule has 2 aromatic rings. The second-order valence-corrected chi connectivity index (χ2v) is 4.93. The maximum Gasteiger partial charge on any atom is 0.354 e. The van der Waals surface area contributed by atoms with Gasteiger partial charge in [-0.15, -0.1) is 0 Å². The Morgan fingerprint density at radius 1 is 1.45 bits per heavy atom. The fourth-order valence-corrected chi connectivity index (χ4v) is 1.68. The number of hydrogen-bond acceptors (Lipinski definition) is 4. The van der Waals surface area contributed by atoms with E-state index in [1.165, 1.54) is 10.7 Å². The van der Waals surface area contributed by atoms with Crippen LogP contribution in [0.1, 0.15) is 24.3 Å². The number of carboxylic acids is 1. The van der Waals surface area contributed by atoms with Crippen LogP contribution in [0.25, 0.3) is 11.3 Å². The zero-order chi connectivity index (χ0) is 14.7. The van der Waals surface area contributed by atoms with Crippen LogP contribution < -0.4 is 4.74 Å². The van der Waals surface area contributed by atoms with Crippen LogP contribution in [-0.2, 0) is 7.05 Å². The van der Waals surface area contributed by atoms with E-state index in [2.05, 4.69) is 23.9 Å². The number of nitrogens with zero attached hydrogens (tertiary/aromatic N) is 3. The number of aromatic carboxylic acids is 1. The highest BCUT2D eigenvalue weighted by Gasteiger charge is 2.13. The summed E-state index contributed by atoms with van der Waals surface area (Å²) in [5, 5.41) is 13.2. The summed E-state index contributed by atoms with van der Waals surface area (Å²) in [7, 11) is 1.60. The van der Waals surface area contributed by atoms with E-state index in [4.69, 9.17) is 9.84 Å². The van der Waals surface area contributed by atoms with Gasteiger partial charge in [0.1, 0.15) is 5.69 Å². The Hall–Kier alpha value is -2.37. The van der Waals surface area contributed by atoms with E-state index in [1.807, 2.05) is 6.07 Å². The molecule has 2 aromatic heterocycles. The van der Waals surface area contributed by atoms with E-state index >= 15 is 0 Å². The van der Waals surface area contributed by atoms with Crippen molar-refractivity contribution in [3.05, 3.63) is 30.1 Å². The lowest BCUT2D eigenvalue weighted by Crippen LogP contribution is -2.05. The van der Waals surface area contributed by atoms with Crippen molar-refractivity contribution < 1.29 is 14.6 Å². The van der Waals surface area contributed by atoms with Crippen molar-refractivity contribution in [3.63, 3.8) is 0 Å². The normalized spacial score (nSPS) is 10.8. The third kappa shape index (κ3) is 3.14. The maximum absolute atomic E-state index is 11.0. The van der Waals surface area contributed by atoms with Crippen LogP contribution >= 0.6 is 0 Å². The Morgan fingerprint density at radius 2 is 2.20 bits per heavy atom. The molecule has 0 amide bonds. The second-order valence-electron chi connectivity index (χ2n) is 4.93.